The fraction of sp³-hybridized carbons (Fsp3) is 0.316. The van der Waals surface area contributed by atoms with E-state index >= 15 is 0 Å². The van der Waals surface area contributed by atoms with Gasteiger partial charge in [0.2, 0.25) is 6.29 Å². The van der Waals surface area contributed by atoms with Gasteiger partial charge in [0, 0.05) is 0 Å². The number of benzene rings is 2. The molecule has 0 radical (unpaired) electrons. The molecule has 2 aromatic rings. The first-order valence-corrected chi connectivity index (χ1v) is 8.07. The summed E-state index contributed by atoms with van der Waals surface area (Å²) in [5, 5.41) is 9.20. The van der Waals surface area contributed by atoms with Crippen molar-refractivity contribution in [2.75, 3.05) is 13.7 Å². The van der Waals surface area contributed by atoms with Gasteiger partial charge in [-0.3, -0.25) is 0 Å². The third-order valence-electron chi connectivity index (χ3n) is 4.41. The molecule has 2 saturated heterocycles. The van der Waals surface area contributed by atoms with Crippen LogP contribution in [0.15, 0.2) is 48.5 Å². The highest BCUT2D eigenvalue weighted by Gasteiger charge is 2.59. The summed E-state index contributed by atoms with van der Waals surface area (Å²) < 4.78 is 21.6. The Kier molecular flexibility index (Phi) is 4.17. The van der Waals surface area contributed by atoms with E-state index in [9.17, 15) is 9.90 Å². The van der Waals surface area contributed by atoms with Gasteiger partial charge in [0.15, 0.2) is 0 Å². The minimum atomic E-state index is -0.490. The Morgan fingerprint density at radius 1 is 1.08 bits per heavy atom. The SMILES string of the molecule is COC(=O)c1cccc(-c2ccc(OC3OC(CO)C4OC34)cc2)c1. The molecule has 6 heteroatoms. The number of ether oxygens (including phenoxy) is 4. The van der Waals surface area contributed by atoms with Gasteiger partial charge in [0.1, 0.15) is 24.1 Å². The van der Waals surface area contributed by atoms with Crippen LogP contribution in [0.25, 0.3) is 11.1 Å². The number of fused-ring (bicyclic) bond motifs is 1. The molecule has 1 N–H and O–H groups in total. The molecule has 0 spiro atoms. The molecule has 6 nitrogen and oxygen atoms in total. The molecule has 4 unspecified atom stereocenters. The molecule has 0 bridgehead atoms. The summed E-state index contributed by atoms with van der Waals surface area (Å²) in [5.41, 5.74) is 2.38. The fourth-order valence-electron chi connectivity index (χ4n) is 3.03. The Morgan fingerprint density at radius 2 is 1.88 bits per heavy atom. The summed E-state index contributed by atoms with van der Waals surface area (Å²) in [7, 11) is 1.36. The molecule has 2 aliphatic heterocycles. The zero-order valence-corrected chi connectivity index (χ0v) is 13.6. The summed E-state index contributed by atoms with van der Waals surface area (Å²) in [6.45, 7) is -0.0729. The van der Waals surface area contributed by atoms with Gasteiger partial charge >= 0.3 is 5.97 Å². The summed E-state index contributed by atoms with van der Waals surface area (Å²) in [4.78, 5) is 11.6. The molecular weight excluding hydrogens is 324 g/mol. The second kappa shape index (κ2) is 6.48. The number of epoxide rings is 1. The van der Waals surface area contributed by atoms with E-state index in [2.05, 4.69) is 0 Å². The van der Waals surface area contributed by atoms with E-state index in [1.807, 2.05) is 36.4 Å². The second-order valence-electron chi connectivity index (χ2n) is 6.01. The van der Waals surface area contributed by atoms with E-state index in [0.717, 1.165) is 11.1 Å². The molecule has 0 amide bonds. The average molecular weight is 342 g/mol. The van der Waals surface area contributed by atoms with Gasteiger partial charge in [-0.25, -0.2) is 4.79 Å². The van der Waals surface area contributed by atoms with Crippen LogP contribution in [0.5, 0.6) is 5.75 Å². The zero-order valence-electron chi connectivity index (χ0n) is 13.6. The van der Waals surface area contributed by atoms with Crippen LogP contribution in [0.3, 0.4) is 0 Å². The summed E-state index contributed by atoms with van der Waals surface area (Å²) in [5.74, 6) is 0.295. The molecule has 2 aromatic carbocycles. The third kappa shape index (κ3) is 3.11. The maximum absolute atomic E-state index is 11.6. The molecule has 0 saturated carbocycles. The maximum atomic E-state index is 11.6. The molecule has 25 heavy (non-hydrogen) atoms. The average Bonchev–Trinajstić information content (AvgIpc) is 3.39. The number of hydrogen-bond donors (Lipinski definition) is 1. The van der Waals surface area contributed by atoms with E-state index in [1.54, 1.807) is 12.1 Å². The van der Waals surface area contributed by atoms with E-state index < -0.39 is 6.29 Å². The fourth-order valence-corrected chi connectivity index (χ4v) is 3.03. The number of methoxy groups -OCH3 is 1. The van der Waals surface area contributed by atoms with Crippen molar-refractivity contribution in [2.45, 2.75) is 24.6 Å². The molecule has 2 fully saturated rings. The minimum Gasteiger partial charge on any atom is -0.465 e. The Balaban J connectivity index is 1.46. The number of carbonyl (C=O) groups is 1. The Morgan fingerprint density at radius 3 is 2.56 bits per heavy atom. The highest BCUT2D eigenvalue weighted by Crippen LogP contribution is 2.40. The van der Waals surface area contributed by atoms with Gasteiger partial charge in [0.25, 0.3) is 0 Å². The van der Waals surface area contributed by atoms with Gasteiger partial charge < -0.3 is 24.1 Å². The number of esters is 1. The van der Waals surface area contributed by atoms with Gasteiger partial charge in [-0.1, -0.05) is 24.3 Å². The normalized spacial score (nSPS) is 26.8. The standard InChI is InChI=1S/C19H18O6/c1-22-18(21)13-4-2-3-12(9-13)11-5-7-14(8-6-11)23-19-17-16(25-17)15(10-20)24-19/h2-9,15-17,19-20H,10H2,1H3. The largest absolute Gasteiger partial charge is 0.465 e. The molecular formula is C19H18O6. The zero-order chi connectivity index (χ0) is 17.4. The van der Waals surface area contributed by atoms with Crippen LogP contribution in [-0.2, 0) is 14.2 Å². The van der Waals surface area contributed by atoms with Gasteiger partial charge in [-0.15, -0.1) is 0 Å². The lowest BCUT2D eigenvalue weighted by molar-refractivity contribution is -0.135. The molecule has 4 rings (SSSR count). The maximum Gasteiger partial charge on any atom is 0.337 e. The lowest BCUT2D eigenvalue weighted by Crippen LogP contribution is -2.27. The quantitative estimate of drug-likeness (QED) is 0.661. The first kappa shape index (κ1) is 16.1. The van der Waals surface area contributed by atoms with Crippen molar-refractivity contribution in [3.05, 3.63) is 54.1 Å². The smallest absolute Gasteiger partial charge is 0.337 e. The van der Waals surface area contributed by atoms with Crippen molar-refractivity contribution in [2.24, 2.45) is 0 Å². The lowest BCUT2D eigenvalue weighted by Gasteiger charge is -2.17. The van der Waals surface area contributed by atoms with Gasteiger partial charge in [-0.05, 0) is 35.4 Å². The number of hydrogen-bond acceptors (Lipinski definition) is 6. The number of aliphatic hydroxyl groups is 1. The highest BCUT2D eigenvalue weighted by molar-refractivity contribution is 5.90. The van der Waals surface area contributed by atoms with Crippen LogP contribution in [0, 0.1) is 0 Å². The monoisotopic (exact) mass is 342 g/mol. The summed E-state index contributed by atoms with van der Waals surface area (Å²) in [6.07, 6.45) is -0.963. The van der Waals surface area contributed by atoms with Crippen molar-refractivity contribution in [1.82, 2.24) is 0 Å². The first-order chi connectivity index (χ1) is 12.2. The first-order valence-electron chi connectivity index (χ1n) is 8.07. The van der Waals surface area contributed by atoms with Crippen LogP contribution >= 0.6 is 0 Å². The number of carbonyl (C=O) groups excluding carboxylic acids is 1. The second-order valence-corrected chi connectivity index (χ2v) is 6.01. The Hall–Kier alpha value is -2.41. The van der Waals surface area contributed by atoms with Crippen molar-refractivity contribution in [3.8, 4) is 16.9 Å². The topological polar surface area (TPSA) is 77.5 Å². The highest BCUT2D eigenvalue weighted by atomic mass is 16.8. The van der Waals surface area contributed by atoms with Crippen LogP contribution in [0.4, 0.5) is 0 Å². The Labute approximate surface area is 144 Å². The van der Waals surface area contributed by atoms with E-state index in [1.165, 1.54) is 7.11 Å². The molecule has 130 valence electrons. The Bertz CT molecular complexity index is 772. The van der Waals surface area contributed by atoms with E-state index in [0.29, 0.717) is 11.3 Å². The molecule has 4 atom stereocenters. The van der Waals surface area contributed by atoms with Crippen molar-refractivity contribution < 1.29 is 28.8 Å². The third-order valence-corrected chi connectivity index (χ3v) is 4.41. The molecule has 2 aliphatic rings. The predicted molar refractivity (Wildman–Crippen MR) is 88.3 cm³/mol. The van der Waals surface area contributed by atoms with Crippen LogP contribution < -0.4 is 4.74 Å². The number of aliphatic hydroxyl groups excluding tert-OH is 1. The molecule has 2 heterocycles. The predicted octanol–water partition coefficient (Wildman–Crippen LogP) is 2.00. The van der Waals surface area contributed by atoms with Crippen molar-refractivity contribution in [1.29, 1.82) is 0 Å². The van der Waals surface area contributed by atoms with Crippen LogP contribution in [0.1, 0.15) is 10.4 Å². The van der Waals surface area contributed by atoms with E-state index in [4.69, 9.17) is 18.9 Å². The van der Waals surface area contributed by atoms with Gasteiger partial charge in [0.05, 0.1) is 19.3 Å². The lowest BCUT2D eigenvalue weighted by atomic mass is 10.0. The van der Waals surface area contributed by atoms with E-state index in [-0.39, 0.29) is 30.9 Å². The van der Waals surface area contributed by atoms with Crippen LogP contribution in [0.2, 0.25) is 0 Å². The molecule has 0 aromatic heterocycles. The molecule has 0 aliphatic carbocycles. The van der Waals surface area contributed by atoms with Crippen molar-refractivity contribution in [3.63, 3.8) is 0 Å². The van der Waals surface area contributed by atoms with Gasteiger partial charge in [-0.2, -0.15) is 0 Å². The summed E-state index contributed by atoms with van der Waals surface area (Å²) >= 11 is 0. The van der Waals surface area contributed by atoms with Crippen molar-refractivity contribution >= 4 is 5.97 Å². The number of rotatable bonds is 5. The van der Waals surface area contributed by atoms with Crippen LogP contribution in [-0.4, -0.2) is 49.4 Å². The minimum absolute atomic E-state index is 0.0599. The summed E-state index contributed by atoms with van der Waals surface area (Å²) in [6, 6.07) is 14.8.